The maximum atomic E-state index is 11.3. The average molecular weight is 246 g/mol. The Bertz CT molecular complexity index is 456. The van der Waals surface area contributed by atoms with Crippen molar-refractivity contribution in [1.82, 2.24) is 9.97 Å². The lowest BCUT2D eigenvalue weighted by Crippen LogP contribution is -2.24. The van der Waals surface area contributed by atoms with Gasteiger partial charge in [-0.15, -0.1) is 0 Å². The van der Waals surface area contributed by atoms with Gasteiger partial charge in [0.1, 0.15) is 0 Å². The molecule has 0 spiro atoms. The van der Waals surface area contributed by atoms with Crippen LogP contribution in [0.3, 0.4) is 0 Å². The van der Waals surface area contributed by atoms with E-state index in [4.69, 9.17) is 34.5 Å². The fourth-order valence-electron chi connectivity index (χ4n) is 0.729. The Morgan fingerprint density at radius 3 is 2.44 bits per heavy atom. The molecule has 0 amide bonds. The van der Waals surface area contributed by atoms with Crippen LogP contribution in [0.5, 0.6) is 0 Å². The van der Waals surface area contributed by atoms with Crippen molar-refractivity contribution in [2.24, 2.45) is 16.6 Å². The summed E-state index contributed by atoms with van der Waals surface area (Å²) in [4.78, 5) is 22.7. The maximum Gasteiger partial charge on any atom is 0.387 e. The molecule has 0 radical (unpaired) electrons. The molecule has 1 aromatic heterocycles. The van der Waals surface area contributed by atoms with Crippen LogP contribution in [0.15, 0.2) is 5.16 Å². The molecule has 0 aliphatic rings. The van der Waals surface area contributed by atoms with Gasteiger partial charge in [-0.25, -0.2) is 14.8 Å². The van der Waals surface area contributed by atoms with Gasteiger partial charge in [0.25, 0.3) is 0 Å². The minimum Gasteiger partial charge on any atom is -0.382 e. The molecule has 0 aromatic carbocycles. The number of anilines is 2. The number of guanidine groups is 1. The van der Waals surface area contributed by atoms with Crippen molar-refractivity contribution < 1.29 is 9.63 Å². The first-order valence-corrected chi connectivity index (χ1v) is 4.18. The van der Waals surface area contributed by atoms with Crippen LogP contribution < -0.4 is 22.9 Å². The predicted molar refractivity (Wildman–Crippen MR) is 57.1 cm³/mol. The Morgan fingerprint density at radius 1 is 1.25 bits per heavy atom. The topological polar surface area (TPSA) is 169 Å². The van der Waals surface area contributed by atoms with Crippen LogP contribution in [-0.4, -0.2) is 21.9 Å². The molecule has 0 saturated carbocycles. The second-order valence-electron chi connectivity index (χ2n) is 2.53. The summed E-state index contributed by atoms with van der Waals surface area (Å²) in [5.41, 5.74) is 20.2. The highest BCUT2D eigenvalue weighted by molar-refractivity contribution is 6.31. The zero-order chi connectivity index (χ0) is 12.3. The van der Waals surface area contributed by atoms with Crippen LogP contribution >= 0.6 is 11.6 Å². The lowest BCUT2D eigenvalue weighted by molar-refractivity contribution is 0.0509. The van der Waals surface area contributed by atoms with Crippen molar-refractivity contribution in [3.05, 3.63) is 10.8 Å². The molecule has 86 valence electrons. The second kappa shape index (κ2) is 4.49. The highest BCUT2D eigenvalue weighted by atomic mass is 35.5. The Morgan fingerprint density at radius 2 is 1.88 bits per heavy atom. The van der Waals surface area contributed by atoms with Crippen molar-refractivity contribution in [2.75, 3.05) is 11.5 Å². The molecule has 8 N–H and O–H groups in total. The van der Waals surface area contributed by atoms with E-state index in [1.807, 2.05) is 0 Å². The molecule has 0 saturated heterocycles. The summed E-state index contributed by atoms with van der Waals surface area (Å²) in [5, 5.41) is 2.84. The molecule has 9 nitrogen and oxygen atoms in total. The molecule has 1 rings (SSSR count). The van der Waals surface area contributed by atoms with E-state index in [1.165, 1.54) is 0 Å². The number of nitrogens with two attached hydrogens (primary N) is 4. The maximum absolute atomic E-state index is 11.3. The Kier molecular flexibility index (Phi) is 3.30. The first kappa shape index (κ1) is 11.8. The van der Waals surface area contributed by atoms with Crippen molar-refractivity contribution >= 4 is 35.2 Å². The van der Waals surface area contributed by atoms with Crippen LogP contribution in [0.4, 0.5) is 11.6 Å². The van der Waals surface area contributed by atoms with Gasteiger partial charge in [-0.1, -0.05) is 11.6 Å². The summed E-state index contributed by atoms with van der Waals surface area (Å²) in [6, 6.07) is 0. The number of hydrogen-bond donors (Lipinski definition) is 4. The van der Waals surface area contributed by atoms with Crippen molar-refractivity contribution in [2.45, 2.75) is 0 Å². The number of carbonyl (C=O) groups excluding carboxylic acids is 1. The minimum absolute atomic E-state index is 0.0995. The third-order valence-corrected chi connectivity index (χ3v) is 1.61. The lowest BCUT2D eigenvalue weighted by Gasteiger charge is -2.03. The van der Waals surface area contributed by atoms with Crippen molar-refractivity contribution in [3.8, 4) is 0 Å². The largest absolute Gasteiger partial charge is 0.387 e. The van der Waals surface area contributed by atoms with E-state index >= 15 is 0 Å². The Labute approximate surface area is 94.4 Å². The third-order valence-electron chi connectivity index (χ3n) is 1.33. The summed E-state index contributed by atoms with van der Waals surface area (Å²) in [7, 11) is 0. The molecule has 10 heteroatoms. The minimum atomic E-state index is -1.000. The standard InChI is InChI=1S/C6H8ClN7O2/c7-2-4(9)13-3(8)1(12-2)5(15)16-14-6(10)11/h(H4,8,9,13)(H4,10,11,14). The SMILES string of the molecule is NC(N)=NOC(=O)c1nc(Cl)c(N)nc1N. The van der Waals surface area contributed by atoms with E-state index in [-0.39, 0.29) is 22.5 Å². The van der Waals surface area contributed by atoms with E-state index < -0.39 is 11.9 Å². The van der Waals surface area contributed by atoms with Gasteiger partial charge < -0.3 is 27.8 Å². The van der Waals surface area contributed by atoms with Gasteiger partial charge in [0.15, 0.2) is 22.5 Å². The highest BCUT2D eigenvalue weighted by Gasteiger charge is 2.17. The van der Waals surface area contributed by atoms with Gasteiger partial charge in [0, 0.05) is 0 Å². The number of rotatable bonds is 2. The number of halogens is 1. The Hall–Kier alpha value is -2.29. The van der Waals surface area contributed by atoms with Gasteiger partial charge in [-0.2, -0.15) is 0 Å². The van der Waals surface area contributed by atoms with Crippen LogP contribution in [0, 0.1) is 0 Å². The summed E-state index contributed by atoms with van der Waals surface area (Å²) in [5.74, 6) is -1.77. The van der Waals surface area contributed by atoms with E-state index in [0.717, 1.165) is 0 Å². The van der Waals surface area contributed by atoms with Gasteiger partial charge in [-0.3, -0.25) is 0 Å². The molecule has 1 heterocycles. The number of nitrogens with zero attached hydrogens (tertiary/aromatic N) is 3. The molecule has 0 atom stereocenters. The highest BCUT2D eigenvalue weighted by Crippen LogP contribution is 2.17. The lowest BCUT2D eigenvalue weighted by atomic mass is 10.4. The molecule has 0 aliphatic heterocycles. The molecule has 1 aromatic rings. The predicted octanol–water partition coefficient (Wildman–Crippen LogP) is -1.36. The molecule has 0 aliphatic carbocycles. The quantitative estimate of drug-likeness (QED) is 0.214. The van der Waals surface area contributed by atoms with Gasteiger partial charge in [0.05, 0.1) is 0 Å². The molecular formula is C6H8ClN7O2. The normalized spacial score (nSPS) is 9.56. The van der Waals surface area contributed by atoms with Crippen LogP contribution in [-0.2, 0) is 4.84 Å². The monoisotopic (exact) mass is 245 g/mol. The number of nitrogen functional groups attached to an aromatic ring is 2. The molecular weight excluding hydrogens is 238 g/mol. The van der Waals surface area contributed by atoms with Gasteiger partial charge in [0.2, 0.25) is 5.96 Å². The van der Waals surface area contributed by atoms with E-state index in [1.54, 1.807) is 0 Å². The molecule has 16 heavy (non-hydrogen) atoms. The average Bonchev–Trinajstić information content (AvgIpc) is 2.20. The Balaban J connectivity index is 3.00. The van der Waals surface area contributed by atoms with E-state index in [2.05, 4.69) is 20.0 Å². The van der Waals surface area contributed by atoms with Crippen LogP contribution in [0.25, 0.3) is 0 Å². The molecule has 0 bridgehead atoms. The molecule has 0 fully saturated rings. The van der Waals surface area contributed by atoms with Gasteiger partial charge in [-0.05, 0) is 5.16 Å². The zero-order valence-electron chi connectivity index (χ0n) is 7.85. The number of oxime groups is 1. The first-order valence-electron chi connectivity index (χ1n) is 3.80. The van der Waals surface area contributed by atoms with Crippen LogP contribution in [0.1, 0.15) is 10.5 Å². The van der Waals surface area contributed by atoms with E-state index in [0.29, 0.717) is 0 Å². The van der Waals surface area contributed by atoms with Gasteiger partial charge >= 0.3 is 5.97 Å². The summed E-state index contributed by atoms with van der Waals surface area (Å²) in [6.45, 7) is 0. The number of hydrogen-bond acceptors (Lipinski definition) is 7. The van der Waals surface area contributed by atoms with E-state index in [9.17, 15) is 4.79 Å². The third kappa shape index (κ3) is 2.60. The summed E-state index contributed by atoms with van der Waals surface area (Å²) >= 11 is 5.55. The van der Waals surface area contributed by atoms with Crippen molar-refractivity contribution in [3.63, 3.8) is 0 Å². The number of carbonyl (C=O) groups is 1. The number of aromatic nitrogens is 2. The summed E-state index contributed by atoms with van der Waals surface area (Å²) < 4.78 is 0. The fraction of sp³-hybridized carbons (Fsp3) is 0. The van der Waals surface area contributed by atoms with Crippen LogP contribution in [0.2, 0.25) is 5.15 Å². The fourth-order valence-corrected chi connectivity index (χ4v) is 0.856. The second-order valence-corrected chi connectivity index (χ2v) is 2.89. The smallest absolute Gasteiger partial charge is 0.382 e. The summed E-state index contributed by atoms with van der Waals surface area (Å²) in [6.07, 6.45) is 0. The van der Waals surface area contributed by atoms with Crippen molar-refractivity contribution in [1.29, 1.82) is 0 Å². The molecule has 0 unspecified atom stereocenters. The first-order chi connectivity index (χ1) is 7.41. The zero-order valence-corrected chi connectivity index (χ0v) is 8.60.